The summed E-state index contributed by atoms with van der Waals surface area (Å²) in [4.78, 5) is 28.1. The molecule has 6 nitrogen and oxygen atoms in total. The van der Waals surface area contributed by atoms with Crippen molar-refractivity contribution in [2.24, 2.45) is 0 Å². The average molecular weight is 242 g/mol. The van der Waals surface area contributed by atoms with Crippen LogP contribution in [-0.4, -0.2) is 33.0 Å². The number of nitrogens with zero attached hydrogens (tertiary/aromatic N) is 4. The quantitative estimate of drug-likeness (QED) is 0.722. The van der Waals surface area contributed by atoms with Crippen LogP contribution in [0, 0.1) is 0 Å². The van der Waals surface area contributed by atoms with Gasteiger partial charge in [0.05, 0.1) is 18.7 Å². The fourth-order valence-corrected chi connectivity index (χ4v) is 1.95. The van der Waals surface area contributed by atoms with Crippen molar-refractivity contribution in [3.05, 3.63) is 36.9 Å². The minimum atomic E-state index is -0.145. The molecule has 2 aromatic rings. The molecule has 0 spiro atoms. The molecule has 0 atom stereocenters. The van der Waals surface area contributed by atoms with Crippen LogP contribution in [-0.2, 0) is 9.59 Å². The van der Waals surface area contributed by atoms with Gasteiger partial charge in [-0.3, -0.25) is 9.59 Å². The van der Waals surface area contributed by atoms with Gasteiger partial charge in [-0.2, -0.15) is 5.10 Å². The smallest absolute Gasteiger partial charge is 0.234 e. The molecular weight excluding hydrogens is 232 g/mol. The van der Waals surface area contributed by atoms with Gasteiger partial charge in [0, 0.05) is 5.69 Å². The largest absolute Gasteiger partial charge is 0.305 e. The molecular formula is C12H10N4O2. The lowest BCUT2D eigenvalue weighted by Gasteiger charge is -2.14. The molecule has 90 valence electrons. The highest BCUT2D eigenvalue weighted by atomic mass is 16.2. The molecule has 0 unspecified atom stereocenters. The summed E-state index contributed by atoms with van der Waals surface area (Å²) in [5.74, 6) is -0.186. The van der Waals surface area contributed by atoms with Crippen LogP contribution in [0.2, 0.25) is 0 Å². The summed E-state index contributed by atoms with van der Waals surface area (Å²) in [6.45, 7) is 0.168. The van der Waals surface area contributed by atoms with Gasteiger partial charge >= 0.3 is 0 Å². The van der Waals surface area contributed by atoms with Crippen molar-refractivity contribution in [3.63, 3.8) is 0 Å². The summed E-state index contributed by atoms with van der Waals surface area (Å²) in [5, 5.41) is 4.01. The number of rotatable bonds is 2. The van der Waals surface area contributed by atoms with E-state index < -0.39 is 0 Å². The predicted molar refractivity (Wildman–Crippen MR) is 63.3 cm³/mol. The molecule has 1 aliphatic heterocycles. The van der Waals surface area contributed by atoms with Crippen molar-refractivity contribution in [1.82, 2.24) is 14.8 Å². The topological polar surface area (TPSA) is 68.1 Å². The zero-order valence-electron chi connectivity index (χ0n) is 9.48. The zero-order valence-corrected chi connectivity index (χ0v) is 9.48. The first-order valence-corrected chi connectivity index (χ1v) is 5.51. The van der Waals surface area contributed by atoms with Crippen LogP contribution in [0.4, 0.5) is 5.69 Å². The number of hydrogen-bond donors (Lipinski definition) is 0. The molecule has 0 aliphatic carbocycles. The number of carbonyl (C=O) groups excluding carboxylic acids is 2. The maximum absolute atomic E-state index is 11.6. The van der Waals surface area contributed by atoms with Crippen molar-refractivity contribution >= 4 is 17.4 Å². The molecule has 3 rings (SSSR count). The van der Waals surface area contributed by atoms with E-state index in [2.05, 4.69) is 10.1 Å². The van der Waals surface area contributed by atoms with Crippen molar-refractivity contribution in [1.29, 1.82) is 0 Å². The van der Waals surface area contributed by atoms with Crippen molar-refractivity contribution in [2.75, 3.05) is 11.4 Å². The Morgan fingerprint density at radius 1 is 1.06 bits per heavy atom. The predicted octanol–water partition coefficient (Wildman–Crippen LogP) is 0.573. The molecule has 6 heteroatoms. The summed E-state index contributed by atoms with van der Waals surface area (Å²) in [7, 11) is 0. The Hall–Kier alpha value is -2.50. The van der Waals surface area contributed by atoms with E-state index in [0.717, 1.165) is 11.4 Å². The maximum Gasteiger partial charge on any atom is 0.234 e. The normalized spacial score (nSPS) is 15.4. The first-order chi connectivity index (χ1) is 8.74. The first-order valence-electron chi connectivity index (χ1n) is 5.51. The third-order valence-electron chi connectivity index (χ3n) is 2.83. The Bertz CT molecular complexity index is 589. The van der Waals surface area contributed by atoms with Crippen LogP contribution in [0.15, 0.2) is 36.9 Å². The lowest BCUT2D eigenvalue weighted by molar-refractivity contribution is -0.121. The fourth-order valence-electron chi connectivity index (χ4n) is 1.95. The van der Waals surface area contributed by atoms with Gasteiger partial charge in [-0.15, -0.1) is 0 Å². The van der Waals surface area contributed by atoms with Gasteiger partial charge in [-0.25, -0.2) is 9.67 Å². The maximum atomic E-state index is 11.6. The van der Waals surface area contributed by atoms with Gasteiger partial charge in [-0.05, 0) is 24.3 Å². The Morgan fingerprint density at radius 2 is 1.78 bits per heavy atom. The zero-order chi connectivity index (χ0) is 12.5. The van der Waals surface area contributed by atoms with E-state index in [4.69, 9.17) is 0 Å². The Labute approximate surface area is 103 Å². The average Bonchev–Trinajstić information content (AvgIpc) is 2.99. The second-order valence-corrected chi connectivity index (χ2v) is 4.05. The molecule has 0 saturated carbocycles. The van der Waals surface area contributed by atoms with Gasteiger partial charge in [0.2, 0.25) is 5.91 Å². The number of aromatic nitrogens is 3. The Morgan fingerprint density at radius 3 is 2.33 bits per heavy atom. The summed E-state index contributed by atoms with van der Waals surface area (Å²) >= 11 is 0. The molecule has 1 aliphatic rings. The van der Waals surface area contributed by atoms with Crippen LogP contribution in [0.1, 0.15) is 6.42 Å². The van der Waals surface area contributed by atoms with E-state index in [1.165, 1.54) is 11.2 Å². The third-order valence-corrected chi connectivity index (χ3v) is 2.83. The summed E-state index contributed by atoms with van der Waals surface area (Å²) < 4.78 is 1.63. The standard InChI is InChI=1S/C12H10N4O2/c17-11-5-12(18)15(6-11)9-1-3-10(4-2-9)16-8-13-7-14-16/h1-4,7-8H,5-6H2. The number of benzene rings is 1. The molecule has 2 heterocycles. The lowest BCUT2D eigenvalue weighted by atomic mass is 10.2. The number of hydrogen-bond acceptors (Lipinski definition) is 4. The summed E-state index contributed by atoms with van der Waals surface area (Å²) in [6, 6.07) is 7.27. The molecule has 18 heavy (non-hydrogen) atoms. The van der Waals surface area contributed by atoms with Crippen LogP contribution in [0.25, 0.3) is 5.69 Å². The molecule has 1 amide bonds. The molecule has 0 N–H and O–H groups in total. The molecule has 1 aromatic heterocycles. The first kappa shape index (κ1) is 10.6. The minimum absolute atomic E-state index is 0.00479. The van der Waals surface area contributed by atoms with Gasteiger partial charge in [0.15, 0.2) is 5.78 Å². The number of ketones is 1. The molecule has 1 saturated heterocycles. The molecule has 0 radical (unpaired) electrons. The molecule has 0 bridgehead atoms. The second kappa shape index (κ2) is 4.06. The van der Waals surface area contributed by atoms with Crippen LogP contribution >= 0.6 is 0 Å². The van der Waals surface area contributed by atoms with Gasteiger partial charge in [0.1, 0.15) is 12.7 Å². The highest BCUT2D eigenvalue weighted by Gasteiger charge is 2.28. The van der Waals surface area contributed by atoms with Crippen LogP contribution < -0.4 is 4.90 Å². The highest BCUT2D eigenvalue weighted by Crippen LogP contribution is 2.21. The SMILES string of the molecule is O=C1CC(=O)N(c2ccc(-n3cncn3)cc2)C1. The molecule has 1 fully saturated rings. The number of anilines is 1. The van der Waals surface area contributed by atoms with Gasteiger partial charge in [0.25, 0.3) is 0 Å². The van der Waals surface area contributed by atoms with Gasteiger partial charge in [-0.1, -0.05) is 0 Å². The Kier molecular flexibility index (Phi) is 2.40. The lowest BCUT2D eigenvalue weighted by Crippen LogP contribution is -2.24. The third kappa shape index (κ3) is 1.77. The Balaban J connectivity index is 1.88. The minimum Gasteiger partial charge on any atom is -0.305 e. The second-order valence-electron chi connectivity index (χ2n) is 4.05. The van der Waals surface area contributed by atoms with E-state index in [1.807, 2.05) is 12.1 Å². The van der Waals surface area contributed by atoms with Crippen molar-refractivity contribution < 1.29 is 9.59 Å². The van der Waals surface area contributed by atoms with Crippen LogP contribution in [0.5, 0.6) is 0 Å². The van der Waals surface area contributed by atoms with Crippen LogP contribution in [0.3, 0.4) is 0 Å². The summed E-state index contributed by atoms with van der Waals surface area (Å²) in [5.41, 5.74) is 1.59. The van der Waals surface area contributed by atoms with E-state index in [0.29, 0.717) is 0 Å². The summed E-state index contributed by atoms with van der Waals surface area (Å²) in [6.07, 6.45) is 3.06. The van der Waals surface area contributed by atoms with E-state index >= 15 is 0 Å². The highest BCUT2D eigenvalue weighted by molar-refractivity contribution is 6.15. The van der Waals surface area contributed by atoms with E-state index in [1.54, 1.807) is 23.1 Å². The van der Waals surface area contributed by atoms with E-state index in [9.17, 15) is 9.59 Å². The monoisotopic (exact) mass is 242 g/mol. The van der Waals surface area contributed by atoms with Crippen molar-refractivity contribution in [3.8, 4) is 5.69 Å². The van der Waals surface area contributed by atoms with Crippen molar-refractivity contribution in [2.45, 2.75) is 6.42 Å². The molecule has 1 aromatic carbocycles. The van der Waals surface area contributed by atoms with Gasteiger partial charge < -0.3 is 4.90 Å². The number of Topliss-reactive ketones (excluding diaryl/α,β-unsaturated/α-hetero) is 1. The van der Waals surface area contributed by atoms with E-state index in [-0.39, 0.29) is 24.7 Å². The number of amides is 1. The fraction of sp³-hybridized carbons (Fsp3) is 0.167. The number of carbonyl (C=O) groups is 2.